The van der Waals surface area contributed by atoms with Crippen molar-refractivity contribution in [1.29, 1.82) is 0 Å². The molecule has 4 fully saturated rings. The van der Waals surface area contributed by atoms with Gasteiger partial charge in [0.15, 0.2) is 0 Å². The SMILES string of the molecule is C[C@@]1(N2CCC(c3cc4cc(NC(=O)C5CC5C5CCCO5)ncc4cc3Cl)CC2)COC[C@@H]1O. The van der Waals surface area contributed by atoms with Crippen molar-refractivity contribution in [3.05, 3.63) is 35.0 Å². The van der Waals surface area contributed by atoms with E-state index in [0.29, 0.717) is 30.9 Å². The Hall–Kier alpha value is -1.77. The van der Waals surface area contributed by atoms with Crippen LogP contribution < -0.4 is 5.32 Å². The number of hydrogen-bond acceptors (Lipinski definition) is 6. The minimum Gasteiger partial charge on any atom is -0.389 e. The quantitative estimate of drug-likeness (QED) is 0.647. The number of carbonyl (C=O) groups excluding carboxylic acids is 1. The highest BCUT2D eigenvalue weighted by molar-refractivity contribution is 6.32. The van der Waals surface area contributed by atoms with Crippen molar-refractivity contribution in [2.75, 3.05) is 38.2 Å². The number of piperidine rings is 1. The maximum absolute atomic E-state index is 12.8. The molecule has 6 rings (SSSR count). The molecule has 1 aromatic carbocycles. The van der Waals surface area contributed by atoms with Crippen LogP contribution in [-0.4, -0.2) is 71.6 Å². The van der Waals surface area contributed by atoms with Gasteiger partial charge in [0.05, 0.1) is 31.0 Å². The predicted molar refractivity (Wildman–Crippen MR) is 135 cm³/mol. The van der Waals surface area contributed by atoms with E-state index in [9.17, 15) is 9.90 Å². The molecule has 0 radical (unpaired) electrons. The number of aromatic nitrogens is 1. The first-order valence-corrected chi connectivity index (χ1v) is 13.3. The van der Waals surface area contributed by atoms with Crippen LogP contribution in [0.4, 0.5) is 5.82 Å². The van der Waals surface area contributed by atoms with Crippen LogP contribution in [0.15, 0.2) is 24.4 Å². The number of hydrogen-bond donors (Lipinski definition) is 2. The third kappa shape index (κ3) is 4.46. The average molecular weight is 500 g/mol. The standard InChI is InChI=1S/C27H34ClN3O4/c1-27(15-34-14-24(27)32)31-6-4-16(5-7-31)19-9-17-11-25(29-13-18(17)10-22(19)28)30-26(33)21-12-20(21)23-3-2-8-35-23/h9-11,13,16,20-21,23-24,32H,2-8,12,14-15H2,1H3,(H,29,30,33)/t20?,21?,23?,24-,27+/m0/s1. The van der Waals surface area contributed by atoms with Gasteiger partial charge in [0.25, 0.3) is 0 Å². The fourth-order valence-corrected chi connectivity index (χ4v) is 6.63. The molecule has 2 N–H and O–H groups in total. The number of aliphatic hydroxyl groups excluding tert-OH is 1. The van der Waals surface area contributed by atoms with E-state index in [4.69, 9.17) is 21.1 Å². The van der Waals surface area contributed by atoms with Crippen LogP contribution in [0.25, 0.3) is 10.8 Å². The number of ether oxygens (including phenoxy) is 2. The summed E-state index contributed by atoms with van der Waals surface area (Å²) in [6, 6.07) is 6.11. The summed E-state index contributed by atoms with van der Waals surface area (Å²) in [4.78, 5) is 19.6. The molecule has 0 bridgehead atoms. The van der Waals surface area contributed by atoms with Crippen LogP contribution in [-0.2, 0) is 14.3 Å². The van der Waals surface area contributed by atoms with Crippen LogP contribution in [0, 0.1) is 11.8 Å². The molecule has 35 heavy (non-hydrogen) atoms. The first kappa shape index (κ1) is 23.6. The number of nitrogens with one attached hydrogen (secondary N) is 1. The molecular formula is C27H34ClN3O4. The Labute approximate surface area is 211 Å². The van der Waals surface area contributed by atoms with E-state index < -0.39 is 6.10 Å². The highest BCUT2D eigenvalue weighted by atomic mass is 35.5. The molecule has 8 heteroatoms. The first-order chi connectivity index (χ1) is 16.9. The van der Waals surface area contributed by atoms with Crippen molar-refractivity contribution in [1.82, 2.24) is 9.88 Å². The van der Waals surface area contributed by atoms with E-state index in [1.807, 2.05) is 12.1 Å². The maximum atomic E-state index is 12.8. The second-order valence-corrected chi connectivity index (χ2v) is 11.4. The Morgan fingerprint density at radius 1 is 1.23 bits per heavy atom. The molecule has 7 nitrogen and oxygen atoms in total. The predicted octanol–water partition coefficient (Wildman–Crippen LogP) is 3.97. The molecule has 1 aromatic heterocycles. The normalized spacial score (nSPS) is 33.9. The van der Waals surface area contributed by atoms with Gasteiger partial charge in [-0.3, -0.25) is 9.69 Å². The maximum Gasteiger partial charge on any atom is 0.229 e. The van der Waals surface area contributed by atoms with E-state index >= 15 is 0 Å². The summed E-state index contributed by atoms with van der Waals surface area (Å²) in [7, 11) is 0. The molecule has 1 aliphatic carbocycles. The van der Waals surface area contributed by atoms with Gasteiger partial charge in [0.1, 0.15) is 5.82 Å². The molecule has 1 saturated carbocycles. The van der Waals surface area contributed by atoms with E-state index in [2.05, 4.69) is 28.2 Å². The fraction of sp³-hybridized carbons (Fsp3) is 0.630. The summed E-state index contributed by atoms with van der Waals surface area (Å²) in [6.07, 6.45) is 6.63. The number of aliphatic hydroxyl groups is 1. The Morgan fingerprint density at radius 2 is 2.06 bits per heavy atom. The van der Waals surface area contributed by atoms with E-state index in [1.54, 1.807) is 6.20 Å². The lowest BCUT2D eigenvalue weighted by Gasteiger charge is -2.43. The fourth-order valence-electron chi connectivity index (χ4n) is 6.31. The lowest BCUT2D eigenvalue weighted by molar-refractivity contribution is -0.118. The van der Waals surface area contributed by atoms with Crippen molar-refractivity contribution in [2.24, 2.45) is 11.8 Å². The Morgan fingerprint density at radius 3 is 2.77 bits per heavy atom. The van der Waals surface area contributed by atoms with Crippen LogP contribution >= 0.6 is 11.6 Å². The molecule has 3 aliphatic heterocycles. The topological polar surface area (TPSA) is 83.9 Å². The summed E-state index contributed by atoms with van der Waals surface area (Å²) >= 11 is 6.72. The summed E-state index contributed by atoms with van der Waals surface area (Å²) in [6.45, 7) is 5.71. The smallest absolute Gasteiger partial charge is 0.229 e. The van der Waals surface area contributed by atoms with E-state index in [-0.39, 0.29) is 23.5 Å². The average Bonchev–Trinajstić information content (AvgIpc) is 3.32. The van der Waals surface area contributed by atoms with E-state index in [0.717, 1.165) is 73.2 Å². The van der Waals surface area contributed by atoms with Gasteiger partial charge in [-0.1, -0.05) is 11.6 Å². The second kappa shape index (κ2) is 9.27. The number of amides is 1. The molecule has 2 aromatic rings. The monoisotopic (exact) mass is 499 g/mol. The molecule has 3 saturated heterocycles. The number of benzene rings is 1. The van der Waals surface area contributed by atoms with Gasteiger partial charge in [0, 0.05) is 29.1 Å². The zero-order valence-corrected chi connectivity index (χ0v) is 21.0. The Bertz CT molecular complexity index is 1120. The van der Waals surface area contributed by atoms with Crippen molar-refractivity contribution in [2.45, 2.75) is 62.7 Å². The van der Waals surface area contributed by atoms with Gasteiger partial charge in [0.2, 0.25) is 5.91 Å². The summed E-state index contributed by atoms with van der Waals surface area (Å²) in [5.41, 5.74) is 0.845. The van der Waals surface area contributed by atoms with Crippen molar-refractivity contribution < 1.29 is 19.4 Å². The first-order valence-electron chi connectivity index (χ1n) is 12.9. The molecule has 4 heterocycles. The Balaban J connectivity index is 1.14. The molecule has 0 spiro atoms. The van der Waals surface area contributed by atoms with Crippen LogP contribution in [0.5, 0.6) is 0 Å². The summed E-state index contributed by atoms with van der Waals surface area (Å²) in [5, 5.41) is 16.2. The minimum absolute atomic E-state index is 0.0344. The van der Waals surface area contributed by atoms with Gasteiger partial charge in [-0.15, -0.1) is 0 Å². The van der Waals surface area contributed by atoms with Crippen LogP contribution in [0.3, 0.4) is 0 Å². The van der Waals surface area contributed by atoms with Gasteiger partial charge in [-0.05, 0) is 93.1 Å². The number of nitrogens with zero attached hydrogens (tertiary/aromatic N) is 2. The lowest BCUT2D eigenvalue weighted by atomic mass is 9.85. The van der Waals surface area contributed by atoms with Crippen LogP contribution in [0.2, 0.25) is 5.02 Å². The van der Waals surface area contributed by atoms with Crippen LogP contribution in [0.1, 0.15) is 50.5 Å². The zero-order chi connectivity index (χ0) is 24.2. The Kier molecular flexibility index (Phi) is 6.26. The highest BCUT2D eigenvalue weighted by Crippen LogP contribution is 2.46. The second-order valence-electron chi connectivity index (χ2n) is 11.0. The molecular weight excluding hydrogens is 466 g/mol. The van der Waals surface area contributed by atoms with E-state index in [1.165, 1.54) is 0 Å². The van der Waals surface area contributed by atoms with Crippen molar-refractivity contribution in [3.8, 4) is 0 Å². The van der Waals surface area contributed by atoms with Crippen molar-refractivity contribution >= 4 is 34.1 Å². The molecule has 4 aliphatic rings. The van der Waals surface area contributed by atoms with Gasteiger partial charge in [-0.2, -0.15) is 0 Å². The molecule has 188 valence electrons. The highest BCUT2D eigenvalue weighted by Gasteiger charge is 2.49. The number of likely N-dealkylation sites (tertiary alicyclic amines) is 1. The molecule has 1 amide bonds. The summed E-state index contributed by atoms with van der Waals surface area (Å²) < 4.78 is 11.3. The minimum atomic E-state index is -0.443. The number of fused-ring (bicyclic) bond motifs is 1. The number of carbonyl (C=O) groups is 1. The number of halogens is 1. The molecule has 3 unspecified atom stereocenters. The third-order valence-corrected chi connectivity index (χ3v) is 9.08. The van der Waals surface area contributed by atoms with Gasteiger partial charge < -0.3 is 19.9 Å². The van der Waals surface area contributed by atoms with Gasteiger partial charge in [-0.25, -0.2) is 4.98 Å². The largest absolute Gasteiger partial charge is 0.389 e. The van der Waals surface area contributed by atoms with Gasteiger partial charge >= 0.3 is 0 Å². The number of pyridine rings is 1. The summed E-state index contributed by atoms with van der Waals surface area (Å²) in [5.74, 6) is 1.38. The number of anilines is 1. The molecule has 5 atom stereocenters. The van der Waals surface area contributed by atoms with Crippen molar-refractivity contribution in [3.63, 3.8) is 0 Å². The number of rotatable bonds is 5. The zero-order valence-electron chi connectivity index (χ0n) is 20.2. The lowest BCUT2D eigenvalue weighted by Crippen LogP contribution is -2.56. The third-order valence-electron chi connectivity index (χ3n) is 8.75.